The Balaban J connectivity index is 0.000000236. The van der Waals surface area contributed by atoms with E-state index in [2.05, 4.69) is 25.3 Å². The van der Waals surface area contributed by atoms with Crippen LogP contribution in [0.15, 0.2) is 49.1 Å². The van der Waals surface area contributed by atoms with Crippen molar-refractivity contribution in [2.75, 3.05) is 5.32 Å². The van der Waals surface area contributed by atoms with Crippen molar-refractivity contribution >= 4 is 52.3 Å². The van der Waals surface area contributed by atoms with Gasteiger partial charge in [-0.3, -0.25) is 0 Å². The van der Waals surface area contributed by atoms with E-state index in [4.69, 9.17) is 39.9 Å². The van der Waals surface area contributed by atoms with Gasteiger partial charge >= 0.3 is 5.97 Å². The predicted molar refractivity (Wildman–Crippen MR) is 95.8 cm³/mol. The number of carboxylic acid groups (broad SMARTS) is 1. The third-order valence-corrected chi connectivity index (χ3v) is 3.26. The second-order valence-electron chi connectivity index (χ2n) is 4.40. The zero-order valence-electron chi connectivity index (χ0n) is 12.4. The summed E-state index contributed by atoms with van der Waals surface area (Å²) in [6, 6.07) is 9.37. The molecule has 7 nitrogen and oxygen atoms in total. The summed E-state index contributed by atoms with van der Waals surface area (Å²) in [5, 5.41) is 12.8. The molecule has 0 amide bonds. The number of anilines is 2. The quantitative estimate of drug-likeness (QED) is 0.632. The minimum atomic E-state index is -0.957. The van der Waals surface area contributed by atoms with Crippen molar-refractivity contribution in [3.8, 4) is 0 Å². The number of hydrogen-bond donors (Lipinski definition) is 2. The lowest BCUT2D eigenvalue weighted by Gasteiger charge is -2.05. The normalized spacial score (nSPS) is 9.72. The molecule has 0 unspecified atom stereocenters. The summed E-state index contributed by atoms with van der Waals surface area (Å²) in [7, 11) is 0. The van der Waals surface area contributed by atoms with E-state index in [1.54, 1.807) is 18.2 Å². The Morgan fingerprint density at radius 3 is 1.80 bits per heavy atom. The van der Waals surface area contributed by atoms with Crippen LogP contribution in [0.2, 0.25) is 15.5 Å². The molecule has 0 aliphatic carbocycles. The lowest BCUT2D eigenvalue weighted by molar-refractivity contribution is 0.0697. The first-order valence-corrected chi connectivity index (χ1v) is 7.78. The molecule has 2 N–H and O–H groups in total. The molecule has 2 heterocycles. The van der Waals surface area contributed by atoms with Gasteiger partial charge in [-0.15, -0.1) is 0 Å². The third kappa shape index (κ3) is 6.50. The maximum atomic E-state index is 10.7. The van der Waals surface area contributed by atoms with Crippen LogP contribution in [0.25, 0.3) is 0 Å². The van der Waals surface area contributed by atoms with Crippen molar-refractivity contribution in [2.45, 2.75) is 0 Å². The number of aromatic carboxylic acids is 1. The van der Waals surface area contributed by atoms with E-state index < -0.39 is 5.97 Å². The molecule has 0 radical (unpaired) electrons. The van der Waals surface area contributed by atoms with Gasteiger partial charge in [-0.05, 0) is 24.3 Å². The first kappa shape index (κ1) is 18.9. The maximum absolute atomic E-state index is 10.7. The fourth-order valence-corrected chi connectivity index (χ4v) is 2.05. The molecule has 1 aromatic carbocycles. The molecular formula is C15H10Cl3N5O2. The van der Waals surface area contributed by atoms with Crippen LogP contribution in [0.4, 0.5) is 11.5 Å². The van der Waals surface area contributed by atoms with Crippen molar-refractivity contribution in [3.05, 3.63) is 70.1 Å². The number of nitrogens with zero attached hydrogens (tertiary/aromatic N) is 4. The topological polar surface area (TPSA) is 101 Å². The molecule has 25 heavy (non-hydrogen) atoms. The molecule has 3 rings (SSSR count). The minimum absolute atomic E-state index is 0.233. The summed E-state index contributed by atoms with van der Waals surface area (Å²) in [6.45, 7) is 0. The predicted octanol–water partition coefficient (Wildman–Crippen LogP) is 4.36. The zero-order valence-corrected chi connectivity index (χ0v) is 14.7. The second kappa shape index (κ2) is 9.12. The Morgan fingerprint density at radius 2 is 1.36 bits per heavy atom. The first-order valence-electron chi connectivity index (χ1n) is 6.65. The van der Waals surface area contributed by atoms with Gasteiger partial charge in [0.25, 0.3) is 0 Å². The van der Waals surface area contributed by atoms with Gasteiger partial charge in [0, 0.05) is 17.8 Å². The highest BCUT2D eigenvalue weighted by molar-refractivity contribution is 6.33. The molecular weight excluding hydrogens is 389 g/mol. The summed E-state index contributed by atoms with van der Waals surface area (Å²) in [5.74, 6) is -0.408. The van der Waals surface area contributed by atoms with E-state index in [1.807, 2.05) is 0 Å². The fraction of sp³-hybridized carbons (Fsp3) is 0. The number of hydrogen-bond acceptors (Lipinski definition) is 6. The van der Waals surface area contributed by atoms with Crippen LogP contribution in [-0.4, -0.2) is 31.0 Å². The molecule has 0 aliphatic rings. The van der Waals surface area contributed by atoms with Crippen LogP contribution in [-0.2, 0) is 0 Å². The lowest BCUT2D eigenvalue weighted by atomic mass is 10.2. The number of aromatic nitrogens is 4. The molecule has 0 saturated carbocycles. The third-order valence-electron chi connectivity index (χ3n) is 2.64. The van der Waals surface area contributed by atoms with Crippen LogP contribution in [0, 0.1) is 0 Å². The summed E-state index contributed by atoms with van der Waals surface area (Å²) >= 11 is 16.5. The maximum Gasteiger partial charge on any atom is 0.335 e. The van der Waals surface area contributed by atoms with Crippen LogP contribution < -0.4 is 5.32 Å². The van der Waals surface area contributed by atoms with Gasteiger partial charge in [0.05, 0.1) is 5.56 Å². The molecule has 0 spiro atoms. The Morgan fingerprint density at radius 1 is 0.840 bits per heavy atom. The molecule has 2 aromatic heterocycles. The van der Waals surface area contributed by atoms with Crippen molar-refractivity contribution < 1.29 is 9.90 Å². The van der Waals surface area contributed by atoms with Gasteiger partial charge in [-0.25, -0.2) is 24.7 Å². The average molecular weight is 399 g/mol. The summed E-state index contributed by atoms with van der Waals surface area (Å²) in [6.07, 6.45) is 2.65. The number of halogens is 3. The number of carbonyl (C=O) groups is 1. The molecule has 0 fully saturated rings. The number of benzene rings is 1. The molecule has 0 aliphatic heterocycles. The zero-order chi connectivity index (χ0) is 18.2. The van der Waals surface area contributed by atoms with Crippen LogP contribution in [0.3, 0.4) is 0 Å². The van der Waals surface area contributed by atoms with Gasteiger partial charge in [-0.1, -0.05) is 34.8 Å². The van der Waals surface area contributed by atoms with E-state index in [9.17, 15) is 4.79 Å². The van der Waals surface area contributed by atoms with Crippen LogP contribution in [0.5, 0.6) is 0 Å². The Labute approximate surface area is 157 Å². The van der Waals surface area contributed by atoms with E-state index >= 15 is 0 Å². The van der Waals surface area contributed by atoms with Gasteiger partial charge in [0.15, 0.2) is 0 Å². The standard InChI is InChI=1S/C11H8ClN3O2.C4H2Cl2N2/c12-9-5-10(14-6-13-9)15-8-3-1-7(2-4-8)11(16)17;5-3-1-4(6)8-2-7-3/h1-6H,(H,16,17)(H,13,14,15);1-2H. The average Bonchev–Trinajstić information content (AvgIpc) is 2.56. The Kier molecular flexibility index (Phi) is 6.88. The molecule has 0 bridgehead atoms. The van der Waals surface area contributed by atoms with Gasteiger partial charge < -0.3 is 10.4 Å². The number of carboxylic acids is 1. The number of rotatable bonds is 3. The smallest absolute Gasteiger partial charge is 0.335 e. The molecule has 3 aromatic rings. The van der Waals surface area contributed by atoms with Crippen molar-refractivity contribution in [2.24, 2.45) is 0 Å². The first-order chi connectivity index (χ1) is 11.9. The van der Waals surface area contributed by atoms with E-state index in [-0.39, 0.29) is 5.56 Å². The van der Waals surface area contributed by atoms with Gasteiger partial charge in [0.1, 0.15) is 33.9 Å². The van der Waals surface area contributed by atoms with E-state index in [0.29, 0.717) is 21.3 Å². The monoisotopic (exact) mass is 397 g/mol. The van der Waals surface area contributed by atoms with Crippen LogP contribution >= 0.6 is 34.8 Å². The molecule has 10 heteroatoms. The lowest BCUT2D eigenvalue weighted by Crippen LogP contribution is -1.97. The summed E-state index contributed by atoms with van der Waals surface area (Å²) < 4.78 is 0. The Hall–Kier alpha value is -2.48. The molecule has 0 atom stereocenters. The van der Waals surface area contributed by atoms with Gasteiger partial charge in [-0.2, -0.15) is 0 Å². The van der Waals surface area contributed by atoms with Crippen molar-refractivity contribution in [1.29, 1.82) is 0 Å². The highest BCUT2D eigenvalue weighted by Crippen LogP contribution is 2.16. The highest BCUT2D eigenvalue weighted by atomic mass is 35.5. The van der Waals surface area contributed by atoms with Crippen molar-refractivity contribution in [3.63, 3.8) is 0 Å². The molecule has 128 valence electrons. The van der Waals surface area contributed by atoms with Gasteiger partial charge in [0.2, 0.25) is 0 Å². The molecule has 0 saturated heterocycles. The van der Waals surface area contributed by atoms with Crippen molar-refractivity contribution in [1.82, 2.24) is 19.9 Å². The Bertz CT molecular complexity index is 845. The van der Waals surface area contributed by atoms with E-state index in [1.165, 1.54) is 30.9 Å². The largest absolute Gasteiger partial charge is 0.478 e. The minimum Gasteiger partial charge on any atom is -0.478 e. The second-order valence-corrected chi connectivity index (χ2v) is 5.56. The fourth-order valence-electron chi connectivity index (χ4n) is 1.56. The summed E-state index contributed by atoms with van der Waals surface area (Å²) in [4.78, 5) is 25.6. The SMILES string of the molecule is Clc1cc(Cl)ncn1.O=C(O)c1ccc(Nc2cc(Cl)ncn2)cc1. The van der Waals surface area contributed by atoms with Crippen LogP contribution in [0.1, 0.15) is 10.4 Å². The number of nitrogens with one attached hydrogen (secondary N) is 1. The van der Waals surface area contributed by atoms with E-state index in [0.717, 1.165) is 5.69 Å². The summed E-state index contributed by atoms with van der Waals surface area (Å²) in [5.41, 5.74) is 0.959. The highest BCUT2D eigenvalue weighted by Gasteiger charge is 2.02.